The number of aromatic amines is 1. The minimum absolute atomic E-state index is 0. The van der Waals surface area contributed by atoms with Gasteiger partial charge in [0.25, 0.3) is 5.56 Å². The lowest BCUT2D eigenvalue weighted by Gasteiger charge is -2.26. The van der Waals surface area contributed by atoms with Crippen LogP contribution in [0.25, 0.3) is 16.9 Å². The second-order valence-corrected chi connectivity index (χ2v) is 5.22. The molecule has 116 valence electrons. The molecule has 0 fully saturated rings. The minimum Gasteiger partial charge on any atom is -0.317 e. The molecule has 2 aromatic heterocycles. The summed E-state index contributed by atoms with van der Waals surface area (Å²) in [5.41, 5.74) is 4.03. The Morgan fingerprint density at radius 3 is 2.73 bits per heavy atom. The second-order valence-electron chi connectivity index (χ2n) is 5.22. The smallest absolute Gasteiger partial charge is 0.292 e. The van der Waals surface area contributed by atoms with Crippen molar-refractivity contribution in [1.82, 2.24) is 19.7 Å². The van der Waals surface area contributed by atoms with E-state index < -0.39 is 0 Å². The highest BCUT2D eigenvalue weighted by Crippen LogP contribution is 2.45. The Balaban J connectivity index is 0.000000882. The topological polar surface area (TPSA) is 62.2 Å². The normalized spacial score (nSPS) is 18.3. The first-order valence-corrected chi connectivity index (χ1v) is 6.55. The van der Waals surface area contributed by atoms with Crippen LogP contribution in [0, 0.1) is 0 Å². The molecule has 7 heteroatoms. The van der Waals surface area contributed by atoms with E-state index in [-0.39, 0.29) is 35.9 Å². The van der Waals surface area contributed by atoms with Crippen molar-refractivity contribution in [1.29, 1.82) is 0 Å². The number of fused-ring (bicyclic) bond motifs is 5. The lowest BCUT2D eigenvalue weighted by Crippen LogP contribution is -2.38. The van der Waals surface area contributed by atoms with Crippen LogP contribution in [0.2, 0.25) is 0 Å². The van der Waals surface area contributed by atoms with Crippen LogP contribution >= 0.6 is 24.8 Å². The zero-order valence-electron chi connectivity index (χ0n) is 12.1. The van der Waals surface area contributed by atoms with E-state index in [4.69, 9.17) is 0 Å². The molecule has 1 atom stereocenters. The minimum atomic E-state index is -0.352. The number of nitrogens with one attached hydrogen (secondary N) is 2. The predicted molar refractivity (Wildman–Crippen MR) is 91.3 cm³/mol. The van der Waals surface area contributed by atoms with Gasteiger partial charge in [0, 0.05) is 18.0 Å². The number of rotatable bonds is 1. The lowest BCUT2D eigenvalue weighted by molar-refractivity contribution is 0.477. The third kappa shape index (κ3) is 1.83. The number of halogens is 2. The highest BCUT2D eigenvalue weighted by atomic mass is 35.5. The maximum Gasteiger partial charge on any atom is 0.292 e. The molecular formula is C15H16Cl2N4O. The van der Waals surface area contributed by atoms with E-state index in [1.54, 1.807) is 6.20 Å². The average molecular weight is 339 g/mol. The third-order valence-electron chi connectivity index (χ3n) is 4.27. The van der Waals surface area contributed by atoms with Gasteiger partial charge in [0.05, 0.1) is 16.9 Å². The zero-order chi connectivity index (χ0) is 13.9. The number of benzene rings is 1. The molecule has 22 heavy (non-hydrogen) atoms. The fourth-order valence-electron chi connectivity index (χ4n) is 3.20. The van der Waals surface area contributed by atoms with E-state index in [1.807, 2.05) is 35.8 Å². The van der Waals surface area contributed by atoms with Gasteiger partial charge in [0.1, 0.15) is 0 Å². The molecule has 1 aromatic carbocycles. The Bertz CT molecular complexity index is 902. The summed E-state index contributed by atoms with van der Waals surface area (Å²) in [6.07, 6.45) is 3.49. The van der Waals surface area contributed by atoms with E-state index in [1.165, 1.54) is 0 Å². The van der Waals surface area contributed by atoms with Crippen molar-refractivity contribution in [3.63, 3.8) is 0 Å². The van der Waals surface area contributed by atoms with Crippen molar-refractivity contribution in [3.8, 4) is 11.3 Å². The third-order valence-corrected chi connectivity index (χ3v) is 4.27. The van der Waals surface area contributed by atoms with Crippen LogP contribution < -0.4 is 10.9 Å². The van der Waals surface area contributed by atoms with E-state index in [2.05, 4.69) is 28.3 Å². The highest BCUT2D eigenvalue weighted by molar-refractivity contribution is 5.85. The number of hydrogen-bond acceptors (Lipinski definition) is 3. The predicted octanol–water partition coefficient (Wildman–Crippen LogP) is 2.33. The fourth-order valence-corrected chi connectivity index (χ4v) is 3.20. The second kappa shape index (κ2) is 5.43. The van der Waals surface area contributed by atoms with Crippen LogP contribution in [0.3, 0.4) is 0 Å². The average Bonchev–Trinajstić information content (AvgIpc) is 3.03. The van der Waals surface area contributed by atoms with Crippen molar-refractivity contribution in [2.24, 2.45) is 0 Å². The number of hydrogen-bond donors (Lipinski definition) is 2. The largest absolute Gasteiger partial charge is 0.317 e. The number of H-pyrrole nitrogens is 1. The van der Waals surface area contributed by atoms with Gasteiger partial charge in [0.2, 0.25) is 5.65 Å². The Labute approximate surface area is 139 Å². The van der Waals surface area contributed by atoms with Crippen molar-refractivity contribution >= 4 is 30.5 Å². The molecule has 1 unspecified atom stereocenters. The Kier molecular flexibility index (Phi) is 4.08. The van der Waals surface area contributed by atoms with Crippen LogP contribution in [-0.4, -0.2) is 21.4 Å². The summed E-state index contributed by atoms with van der Waals surface area (Å²) in [6, 6.07) is 8.13. The Hall–Kier alpha value is -1.82. The van der Waals surface area contributed by atoms with Gasteiger partial charge < -0.3 is 10.3 Å². The molecule has 0 aliphatic heterocycles. The lowest BCUT2D eigenvalue weighted by atomic mass is 9.93. The summed E-state index contributed by atoms with van der Waals surface area (Å²) in [6.45, 7) is 2.12. The molecular weight excluding hydrogens is 323 g/mol. The van der Waals surface area contributed by atoms with Gasteiger partial charge in [-0.3, -0.25) is 9.20 Å². The Morgan fingerprint density at radius 2 is 2.00 bits per heavy atom. The SMILES string of the molecule is CNC1(C)c2ccccc2-c2[nH]c(=O)c3nccn3c21.Cl.Cl. The van der Waals surface area contributed by atoms with E-state index >= 15 is 0 Å². The van der Waals surface area contributed by atoms with Gasteiger partial charge >= 0.3 is 0 Å². The fraction of sp³-hybridized carbons (Fsp3) is 0.200. The molecule has 3 aromatic rings. The maximum absolute atomic E-state index is 12.1. The molecule has 4 rings (SSSR count). The maximum atomic E-state index is 12.1. The molecule has 0 bridgehead atoms. The van der Waals surface area contributed by atoms with Crippen molar-refractivity contribution in [3.05, 3.63) is 58.3 Å². The summed E-state index contributed by atoms with van der Waals surface area (Å²) in [5.74, 6) is 0. The molecule has 1 aliphatic rings. The molecule has 5 nitrogen and oxygen atoms in total. The van der Waals surface area contributed by atoms with Gasteiger partial charge in [0.15, 0.2) is 0 Å². The van der Waals surface area contributed by atoms with Crippen molar-refractivity contribution in [2.75, 3.05) is 7.05 Å². The first kappa shape index (κ1) is 16.5. The van der Waals surface area contributed by atoms with Gasteiger partial charge in [-0.15, -0.1) is 24.8 Å². The molecule has 1 aliphatic carbocycles. The van der Waals surface area contributed by atoms with Crippen molar-refractivity contribution in [2.45, 2.75) is 12.5 Å². The highest BCUT2D eigenvalue weighted by Gasteiger charge is 2.41. The molecule has 0 amide bonds. The summed E-state index contributed by atoms with van der Waals surface area (Å²) in [4.78, 5) is 19.3. The number of imidazole rings is 1. The first-order chi connectivity index (χ1) is 9.66. The summed E-state index contributed by atoms with van der Waals surface area (Å²) in [5, 5.41) is 3.38. The molecule has 2 heterocycles. The first-order valence-electron chi connectivity index (χ1n) is 6.55. The van der Waals surface area contributed by atoms with Crippen molar-refractivity contribution < 1.29 is 0 Å². The van der Waals surface area contributed by atoms with Gasteiger partial charge in [-0.1, -0.05) is 24.3 Å². The van der Waals surface area contributed by atoms with Gasteiger partial charge in [-0.05, 0) is 19.5 Å². The van der Waals surface area contributed by atoms with Gasteiger partial charge in [-0.25, -0.2) is 4.98 Å². The standard InChI is InChI=1S/C15H14N4O.2ClH/c1-15(16-2)10-6-4-3-5-9(10)11-12(15)19-8-7-17-13(19)14(20)18-11;;/h3-8,16H,1-2H3,(H,18,20);2*1H. The quantitative estimate of drug-likeness (QED) is 0.715. The molecule has 0 saturated heterocycles. The Morgan fingerprint density at radius 1 is 1.27 bits per heavy atom. The van der Waals surface area contributed by atoms with Crippen LogP contribution in [0.15, 0.2) is 41.5 Å². The van der Waals surface area contributed by atoms with E-state index in [9.17, 15) is 4.79 Å². The zero-order valence-corrected chi connectivity index (χ0v) is 13.7. The number of nitrogens with zero attached hydrogens (tertiary/aromatic N) is 2. The molecule has 0 radical (unpaired) electrons. The van der Waals surface area contributed by atoms with Crippen LogP contribution in [0.1, 0.15) is 18.2 Å². The summed E-state index contributed by atoms with van der Waals surface area (Å²) in [7, 11) is 1.93. The molecule has 0 saturated carbocycles. The van der Waals surface area contributed by atoms with Gasteiger partial charge in [-0.2, -0.15) is 0 Å². The summed E-state index contributed by atoms with van der Waals surface area (Å²) >= 11 is 0. The number of aromatic nitrogens is 3. The molecule has 2 N–H and O–H groups in total. The van der Waals surface area contributed by atoms with E-state index in [0.29, 0.717) is 5.65 Å². The van der Waals surface area contributed by atoms with Crippen LogP contribution in [0.4, 0.5) is 0 Å². The van der Waals surface area contributed by atoms with Crippen LogP contribution in [-0.2, 0) is 5.54 Å². The monoisotopic (exact) mass is 338 g/mol. The van der Waals surface area contributed by atoms with E-state index in [0.717, 1.165) is 22.5 Å². The molecule has 0 spiro atoms. The van der Waals surface area contributed by atoms with Crippen LogP contribution in [0.5, 0.6) is 0 Å². The summed E-state index contributed by atoms with van der Waals surface area (Å²) < 4.78 is 1.88.